The number of nitrogens with one attached hydrogen (secondary N) is 1. The van der Waals surface area contributed by atoms with Crippen molar-refractivity contribution in [2.45, 2.75) is 38.1 Å². The van der Waals surface area contributed by atoms with Gasteiger partial charge in [-0.25, -0.2) is 0 Å². The number of anilines is 2. The summed E-state index contributed by atoms with van der Waals surface area (Å²) in [5.41, 5.74) is 2.84. The molecule has 0 radical (unpaired) electrons. The third kappa shape index (κ3) is 7.85. The molecule has 0 spiro atoms. The SMILES string of the molecule is C=C(/C=C\S)CN1CCC(C(=O)N2CCCC(N(C=O)c3ccccc3NCCOC)CC2)CC1. The van der Waals surface area contributed by atoms with Gasteiger partial charge in [0.05, 0.1) is 18.0 Å². The molecule has 192 valence electrons. The van der Waals surface area contributed by atoms with Crippen LogP contribution in [0.3, 0.4) is 0 Å². The molecule has 2 saturated heterocycles. The summed E-state index contributed by atoms with van der Waals surface area (Å²) in [4.78, 5) is 31.7. The molecule has 1 aromatic rings. The van der Waals surface area contributed by atoms with Gasteiger partial charge in [0.1, 0.15) is 0 Å². The zero-order valence-electron chi connectivity index (χ0n) is 20.9. The average molecular weight is 501 g/mol. The van der Waals surface area contributed by atoms with E-state index in [2.05, 4.69) is 29.4 Å². The third-order valence-corrected chi connectivity index (χ3v) is 7.14. The Morgan fingerprint density at radius 3 is 2.69 bits per heavy atom. The number of benzene rings is 1. The van der Waals surface area contributed by atoms with Gasteiger partial charge in [-0.2, -0.15) is 12.6 Å². The monoisotopic (exact) mass is 500 g/mol. The molecule has 35 heavy (non-hydrogen) atoms. The number of nitrogens with zero attached hydrogens (tertiary/aromatic N) is 3. The van der Waals surface area contributed by atoms with Gasteiger partial charge in [-0.3, -0.25) is 14.5 Å². The summed E-state index contributed by atoms with van der Waals surface area (Å²) in [6.07, 6.45) is 7.19. The zero-order chi connectivity index (χ0) is 25.0. The number of ether oxygens (including phenoxy) is 1. The van der Waals surface area contributed by atoms with Crippen LogP contribution in [0, 0.1) is 5.92 Å². The van der Waals surface area contributed by atoms with E-state index in [0.717, 1.165) is 81.6 Å². The van der Waals surface area contributed by atoms with Gasteiger partial charge < -0.3 is 19.9 Å². The number of likely N-dealkylation sites (tertiary alicyclic amines) is 2. The summed E-state index contributed by atoms with van der Waals surface area (Å²) in [5.74, 6) is 0.364. The minimum atomic E-state index is 0.0726. The molecule has 0 aliphatic carbocycles. The Morgan fingerprint density at radius 2 is 1.97 bits per heavy atom. The summed E-state index contributed by atoms with van der Waals surface area (Å²) >= 11 is 4.11. The maximum absolute atomic E-state index is 13.3. The lowest BCUT2D eigenvalue weighted by Crippen LogP contribution is -2.43. The molecule has 2 aliphatic rings. The second-order valence-electron chi connectivity index (χ2n) is 9.38. The quantitative estimate of drug-likeness (QED) is 0.209. The van der Waals surface area contributed by atoms with Gasteiger partial charge in [-0.05, 0) is 68.3 Å². The first-order chi connectivity index (χ1) is 17.1. The Labute approximate surface area is 215 Å². The number of hydrogen-bond donors (Lipinski definition) is 2. The molecule has 2 fully saturated rings. The zero-order valence-corrected chi connectivity index (χ0v) is 21.8. The number of amides is 2. The van der Waals surface area contributed by atoms with Gasteiger partial charge in [0.25, 0.3) is 0 Å². The van der Waals surface area contributed by atoms with Crippen molar-refractivity contribution in [2.24, 2.45) is 5.92 Å². The van der Waals surface area contributed by atoms with Crippen LogP contribution in [0.4, 0.5) is 11.4 Å². The highest BCUT2D eigenvalue weighted by Crippen LogP contribution is 2.30. The Balaban J connectivity index is 1.56. The minimum Gasteiger partial charge on any atom is -0.383 e. The first-order valence-corrected chi connectivity index (χ1v) is 13.1. The van der Waals surface area contributed by atoms with Crippen molar-refractivity contribution >= 4 is 36.3 Å². The van der Waals surface area contributed by atoms with E-state index in [1.54, 1.807) is 12.5 Å². The summed E-state index contributed by atoms with van der Waals surface area (Å²) in [6.45, 7) is 9.44. The molecule has 2 heterocycles. The van der Waals surface area contributed by atoms with Gasteiger partial charge in [0.15, 0.2) is 0 Å². The fraction of sp³-hybridized carbons (Fsp3) is 0.556. The molecule has 2 amide bonds. The highest BCUT2D eigenvalue weighted by atomic mass is 32.1. The topological polar surface area (TPSA) is 65.1 Å². The average Bonchev–Trinajstić information content (AvgIpc) is 3.12. The molecule has 0 aromatic heterocycles. The van der Waals surface area contributed by atoms with Crippen LogP contribution in [0.5, 0.6) is 0 Å². The predicted octanol–water partition coefficient (Wildman–Crippen LogP) is 3.80. The van der Waals surface area contributed by atoms with Crippen molar-refractivity contribution in [3.05, 3.63) is 47.9 Å². The first-order valence-electron chi connectivity index (χ1n) is 12.6. The van der Waals surface area contributed by atoms with Crippen LogP contribution < -0.4 is 10.2 Å². The molecule has 1 atom stereocenters. The molecule has 2 aliphatic heterocycles. The molecular weight excluding hydrogens is 460 g/mol. The normalized spacial score (nSPS) is 19.9. The summed E-state index contributed by atoms with van der Waals surface area (Å²) < 4.78 is 5.14. The Morgan fingerprint density at radius 1 is 1.20 bits per heavy atom. The van der Waals surface area contributed by atoms with E-state index < -0.39 is 0 Å². The first kappa shape index (κ1) is 27.3. The smallest absolute Gasteiger partial charge is 0.225 e. The lowest BCUT2D eigenvalue weighted by atomic mass is 9.95. The number of hydrogen-bond acceptors (Lipinski definition) is 6. The predicted molar refractivity (Wildman–Crippen MR) is 146 cm³/mol. The third-order valence-electron chi connectivity index (χ3n) is 6.99. The van der Waals surface area contributed by atoms with Crippen LogP contribution in [0.25, 0.3) is 0 Å². The van der Waals surface area contributed by atoms with Crippen molar-refractivity contribution in [2.75, 3.05) is 63.2 Å². The Hall–Kier alpha value is -2.29. The summed E-state index contributed by atoms with van der Waals surface area (Å²) in [5, 5.41) is 5.08. The second-order valence-corrected chi connectivity index (χ2v) is 9.68. The van der Waals surface area contributed by atoms with Crippen LogP contribution in [0.1, 0.15) is 32.1 Å². The maximum atomic E-state index is 13.3. The Bertz CT molecular complexity index is 870. The van der Waals surface area contributed by atoms with E-state index >= 15 is 0 Å². The lowest BCUT2D eigenvalue weighted by molar-refractivity contribution is -0.137. The molecule has 0 bridgehead atoms. The molecule has 1 unspecified atom stereocenters. The van der Waals surface area contributed by atoms with Gasteiger partial charge in [-0.1, -0.05) is 24.8 Å². The van der Waals surface area contributed by atoms with Gasteiger partial charge >= 0.3 is 0 Å². The van der Waals surface area contributed by atoms with Gasteiger partial charge in [0.2, 0.25) is 12.3 Å². The fourth-order valence-electron chi connectivity index (χ4n) is 5.09. The van der Waals surface area contributed by atoms with Crippen molar-refractivity contribution in [1.82, 2.24) is 9.80 Å². The van der Waals surface area contributed by atoms with Crippen LogP contribution >= 0.6 is 12.6 Å². The number of carbonyl (C=O) groups excluding carboxylic acids is 2. The van der Waals surface area contributed by atoms with Crippen molar-refractivity contribution in [3.8, 4) is 0 Å². The highest BCUT2D eigenvalue weighted by molar-refractivity contribution is 7.83. The van der Waals surface area contributed by atoms with Gasteiger partial charge in [0, 0.05) is 45.2 Å². The van der Waals surface area contributed by atoms with E-state index in [1.165, 1.54) is 0 Å². The standard InChI is InChI=1S/C27H40N4O3S/c1-22(12-19-35)20-29-15-9-23(10-16-29)27(33)30-14-5-6-24(11-17-30)31(21-32)26-8-4-3-7-25(26)28-13-18-34-2/h3-4,7-8,12,19,21,23-24,28,35H,1,5-6,9-11,13-18,20H2,2H3/b19-12-. The summed E-state index contributed by atoms with van der Waals surface area (Å²) in [6, 6.07) is 7.96. The van der Waals surface area contributed by atoms with Crippen molar-refractivity contribution in [3.63, 3.8) is 0 Å². The van der Waals surface area contributed by atoms with E-state index in [9.17, 15) is 9.59 Å². The van der Waals surface area contributed by atoms with Gasteiger partial charge in [-0.15, -0.1) is 0 Å². The number of piperidine rings is 1. The number of rotatable bonds is 11. The fourth-order valence-corrected chi connectivity index (χ4v) is 5.31. The minimum absolute atomic E-state index is 0.0726. The van der Waals surface area contributed by atoms with E-state index in [-0.39, 0.29) is 17.9 Å². The summed E-state index contributed by atoms with van der Waals surface area (Å²) in [7, 11) is 1.67. The molecule has 8 heteroatoms. The molecule has 1 N–H and O–H groups in total. The number of thiol groups is 1. The molecule has 1 aromatic carbocycles. The number of para-hydroxylation sites is 2. The van der Waals surface area contributed by atoms with E-state index in [0.29, 0.717) is 19.7 Å². The number of methoxy groups -OCH3 is 1. The van der Waals surface area contributed by atoms with Crippen molar-refractivity contribution < 1.29 is 14.3 Å². The van der Waals surface area contributed by atoms with Crippen LogP contribution in [0.2, 0.25) is 0 Å². The Kier molecular flexibility index (Phi) is 11.2. The number of carbonyl (C=O) groups is 2. The van der Waals surface area contributed by atoms with E-state index in [4.69, 9.17) is 4.74 Å². The molecule has 0 saturated carbocycles. The van der Waals surface area contributed by atoms with Crippen LogP contribution in [-0.4, -0.2) is 81.1 Å². The molecule has 3 rings (SSSR count). The molecule has 7 nitrogen and oxygen atoms in total. The van der Waals surface area contributed by atoms with Crippen LogP contribution in [-0.2, 0) is 14.3 Å². The van der Waals surface area contributed by atoms with E-state index in [1.807, 2.05) is 40.1 Å². The molecular formula is C27H40N4O3S. The largest absolute Gasteiger partial charge is 0.383 e. The van der Waals surface area contributed by atoms with Crippen molar-refractivity contribution in [1.29, 1.82) is 0 Å². The maximum Gasteiger partial charge on any atom is 0.225 e. The second kappa shape index (κ2) is 14.3. The van der Waals surface area contributed by atoms with Crippen LogP contribution in [0.15, 0.2) is 47.9 Å². The highest BCUT2D eigenvalue weighted by Gasteiger charge is 2.31. The lowest BCUT2D eigenvalue weighted by Gasteiger charge is -2.34.